The van der Waals surface area contributed by atoms with Gasteiger partial charge in [0, 0.05) is 5.02 Å². The van der Waals surface area contributed by atoms with Crippen molar-refractivity contribution in [2.45, 2.75) is 20.3 Å². The zero-order valence-corrected chi connectivity index (χ0v) is 10.4. The molecule has 0 saturated heterocycles. The number of nitrogens with two attached hydrogens (primary N) is 1. The fraction of sp³-hybridized carbons (Fsp3) is 0.333. The van der Waals surface area contributed by atoms with Gasteiger partial charge in [0.15, 0.2) is 0 Å². The second kappa shape index (κ2) is 4.75. The molecule has 92 valence electrons. The van der Waals surface area contributed by atoms with Crippen LogP contribution in [-0.4, -0.2) is 17.0 Å². The summed E-state index contributed by atoms with van der Waals surface area (Å²) in [5.41, 5.74) is 5.06. The third kappa shape index (κ3) is 2.77. The minimum atomic E-state index is -1.64. The molecule has 0 fully saturated rings. The van der Waals surface area contributed by atoms with Crippen LogP contribution in [0.1, 0.15) is 18.1 Å². The Labute approximate surface area is 104 Å². The standard InChI is InChI=1S/C12H14ClNO3/c1-7-3-4-8(9(13)5-7)6-12(2,10(14)15)11(16)17/h3-5H,6H2,1-2H3,(H2,14,15)(H,16,17). The van der Waals surface area contributed by atoms with Gasteiger partial charge in [-0.1, -0.05) is 23.7 Å². The predicted molar refractivity (Wildman–Crippen MR) is 64.8 cm³/mol. The number of carbonyl (C=O) groups is 2. The zero-order chi connectivity index (χ0) is 13.2. The molecular weight excluding hydrogens is 242 g/mol. The van der Waals surface area contributed by atoms with Crippen molar-refractivity contribution in [3.63, 3.8) is 0 Å². The van der Waals surface area contributed by atoms with E-state index in [1.54, 1.807) is 12.1 Å². The van der Waals surface area contributed by atoms with Crippen molar-refractivity contribution in [1.29, 1.82) is 0 Å². The van der Waals surface area contributed by atoms with Crippen LogP contribution in [-0.2, 0) is 16.0 Å². The number of rotatable bonds is 4. The summed E-state index contributed by atoms with van der Waals surface area (Å²) >= 11 is 6.00. The Morgan fingerprint density at radius 1 is 1.47 bits per heavy atom. The van der Waals surface area contributed by atoms with Crippen molar-refractivity contribution in [3.8, 4) is 0 Å². The summed E-state index contributed by atoms with van der Waals surface area (Å²) < 4.78 is 0. The normalized spacial score (nSPS) is 14.1. The third-order valence-corrected chi connectivity index (χ3v) is 3.12. The fourth-order valence-electron chi connectivity index (χ4n) is 1.44. The van der Waals surface area contributed by atoms with Crippen molar-refractivity contribution >= 4 is 23.5 Å². The van der Waals surface area contributed by atoms with Gasteiger partial charge >= 0.3 is 5.97 Å². The molecule has 4 nitrogen and oxygen atoms in total. The first-order valence-corrected chi connectivity index (χ1v) is 5.43. The van der Waals surface area contributed by atoms with E-state index < -0.39 is 17.3 Å². The molecule has 17 heavy (non-hydrogen) atoms. The van der Waals surface area contributed by atoms with Gasteiger partial charge in [-0.2, -0.15) is 0 Å². The number of aryl methyl sites for hydroxylation is 1. The lowest BCUT2D eigenvalue weighted by atomic mass is 9.83. The molecule has 0 heterocycles. The molecule has 1 atom stereocenters. The lowest BCUT2D eigenvalue weighted by Crippen LogP contribution is -2.43. The Bertz CT molecular complexity index is 457. The van der Waals surface area contributed by atoms with Gasteiger partial charge in [0.25, 0.3) is 0 Å². The van der Waals surface area contributed by atoms with Crippen LogP contribution in [0, 0.1) is 12.3 Å². The number of carbonyl (C=O) groups excluding carboxylic acids is 1. The van der Waals surface area contributed by atoms with E-state index in [-0.39, 0.29) is 6.42 Å². The molecule has 0 aliphatic heterocycles. The van der Waals surface area contributed by atoms with E-state index >= 15 is 0 Å². The molecule has 1 unspecified atom stereocenters. The van der Waals surface area contributed by atoms with Gasteiger partial charge in [0.1, 0.15) is 5.41 Å². The zero-order valence-electron chi connectivity index (χ0n) is 9.66. The number of hydrogen-bond donors (Lipinski definition) is 2. The molecule has 3 N–H and O–H groups in total. The Morgan fingerprint density at radius 3 is 2.47 bits per heavy atom. The molecule has 0 spiro atoms. The molecule has 0 saturated carbocycles. The maximum Gasteiger partial charge on any atom is 0.319 e. The van der Waals surface area contributed by atoms with E-state index in [1.807, 2.05) is 13.0 Å². The van der Waals surface area contributed by atoms with Crippen LogP contribution in [0.5, 0.6) is 0 Å². The second-order valence-electron chi connectivity index (χ2n) is 4.27. The molecule has 1 aromatic rings. The summed E-state index contributed by atoms with van der Waals surface area (Å²) in [6, 6.07) is 5.24. The van der Waals surface area contributed by atoms with Gasteiger partial charge in [0.05, 0.1) is 0 Å². The third-order valence-electron chi connectivity index (χ3n) is 2.77. The van der Waals surface area contributed by atoms with E-state index in [2.05, 4.69) is 0 Å². The molecule has 1 aromatic carbocycles. The molecule has 1 amide bonds. The smallest absolute Gasteiger partial charge is 0.319 e. The summed E-state index contributed by atoms with van der Waals surface area (Å²) in [5, 5.41) is 9.51. The first-order chi connectivity index (χ1) is 7.77. The summed E-state index contributed by atoms with van der Waals surface area (Å²) in [6.07, 6.45) is -0.0171. The second-order valence-corrected chi connectivity index (χ2v) is 4.68. The summed E-state index contributed by atoms with van der Waals surface area (Å²) in [5.74, 6) is -2.12. The van der Waals surface area contributed by atoms with Gasteiger partial charge in [-0.3, -0.25) is 9.59 Å². The Hall–Kier alpha value is -1.55. The summed E-state index contributed by atoms with van der Waals surface area (Å²) in [4.78, 5) is 22.3. The number of amides is 1. The first kappa shape index (κ1) is 13.5. The van der Waals surface area contributed by atoms with Gasteiger partial charge in [-0.15, -0.1) is 0 Å². The maximum atomic E-state index is 11.2. The van der Waals surface area contributed by atoms with Crippen LogP contribution in [0.25, 0.3) is 0 Å². The number of hydrogen-bond acceptors (Lipinski definition) is 2. The first-order valence-electron chi connectivity index (χ1n) is 5.05. The van der Waals surface area contributed by atoms with E-state index in [1.165, 1.54) is 6.92 Å². The van der Waals surface area contributed by atoms with Crippen LogP contribution >= 0.6 is 11.6 Å². The predicted octanol–water partition coefficient (Wildman–Crippen LogP) is 1.77. The Kier molecular flexibility index (Phi) is 3.78. The van der Waals surface area contributed by atoms with E-state index in [9.17, 15) is 9.59 Å². The number of carboxylic acid groups (broad SMARTS) is 1. The molecule has 0 aliphatic carbocycles. The summed E-state index contributed by atoms with van der Waals surface area (Å²) in [7, 11) is 0. The molecular formula is C12H14ClNO3. The van der Waals surface area contributed by atoms with Crippen molar-refractivity contribution in [2.24, 2.45) is 11.1 Å². The van der Waals surface area contributed by atoms with Gasteiger partial charge in [-0.25, -0.2) is 0 Å². The van der Waals surface area contributed by atoms with Crippen LogP contribution in [0.3, 0.4) is 0 Å². The molecule has 0 aliphatic rings. The number of carboxylic acids is 1. The monoisotopic (exact) mass is 255 g/mol. The largest absolute Gasteiger partial charge is 0.480 e. The van der Waals surface area contributed by atoms with Crippen molar-refractivity contribution in [1.82, 2.24) is 0 Å². The quantitative estimate of drug-likeness (QED) is 0.805. The van der Waals surface area contributed by atoms with Gasteiger partial charge in [-0.05, 0) is 37.5 Å². The fourth-order valence-corrected chi connectivity index (χ4v) is 1.75. The summed E-state index contributed by atoms with van der Waals surface area (Å²) in [6.45, 7) is 3.17. The highest BCUT2D eigenvalue weighted by Crippen LogP contribution is 2.27. The Morgan fingerprint density at radius 2 is 2.06 bits per heavy atom. The van der Waals surface area contributed by atoms with Crippen molar-refractivity contribution in [2.75, 3.05) is 0 Å². The lowest BCUT2D eigenvalue weighted by molar-refractivity contribution is -0.153. The molecule has 0 aromatic heterocycles. The minimum absolute atomic E-state index is 0.0171. The average Bonchev–Trinajstić information content (AvgIpc) is 2.21. The number of benzene rings is 1. The number of aliphatic carboxylic acids is 1. The molecule has 5 heteroatoms. The number of primary amides is 1. The highest BCUT2D eigenvalue weighted by atomic mass is 35.5. The van der Waals surface area contributed by atoms with E-state index in [0.29, 0.717) is 10.6 Å². The SMILES string of the molecule is Cc1ccc(CC(C)(C(N)=O)C(=O)O)c(Cl)c1. The minimum Gasteiger partial charge on any atom is -0.480 e. The van der Waals surface area contributed by atoms with Crippen LogP contribution in [0.4, 0.5) is 0 Å². The highest BCUT2D eigenvalue weighted by Gasteiger charge is 2.40. The molecule has 0 bridgehead atoms. The number of halogens is 1. The van der Waals surface area contributed by atoms with Crippen LogP contribution < -0.4 is 5.73 Å². The lowest BCUT2D eigenvalue weighted by Gasteiger charge is -2.21. The molecule has 0 radical (unpaired) electrons. The van der Waals surface area contributed by atoms with Crippen LogP contribution in [0.15, 0.2) is 18.2 Å². The Balaban J connectivity index is 3.11. The van der Waals surface area contributed by atoms with Crippen molar-refractivity contribution < 1.29 is 14.7 Å². The topological polar surface area (TPSA) is 80.4 Å². The van der Waals surface area contributed by atoms with E-state index in [0.717, 1.165) is 5.56 Å². The van der Waals surface area contributed by atoms with Gasteiger partial charge in [0.2, 0.25) is 5.91 Å². The maximum absolute atomic E-state index is 11.2. The van der Waals surface area contributed by atoms with E-state index in [4.69, 9.17) is 22.4 Å². The van der Waals surface area contributed by atoms with Gasteiger partial charge < -0.3 is 10.8 Å². The van der Waals surface area contributed by atoms with Crippen molar-refractivity contribution in [3.05, 3.63) is 34.3 Å². The average molecular weight is 256 g/mol. The molecule has 1 rings (SSSR count). The van der Waals surface area contributed by atoms with Crippen LogP contribution in [0.2, 0.25) is 5.02 Å². The highest BCUT2D eigenvalue weighted by molar-refractivity contribution is 6.31.